The highest BCUT2D eigenvalue weighted by Gasteiger charge is 1.93. The molecule has 0 saturated carbocycles. The van der Waals surface area contributed by atoms with Crippen LogP contribution >= 0.6 is 0 Å². The smallest absolute Gasteiger partial charge is 0.0721 e. The van der Waals surface area contributed by atoms with E-state index in [9.17, 15) is 0 Å². The van der Waals surface area contributed by atoms with Crippen molar-refractivity contribution in [1.29, 1.82) is 0 Å². The van der Waals surface area contributed by atoms with Gasteiger partial charge in [0, 0.05) is 0 Å². The Kier molecular flexibility index (Phi) is 3.53. The van der Waals surface area contributed by atoms with Crippen molar-refractivity contribution in [3.8, 4) is 0 Å². The summed E-state index contributed by atoms with van der Waals surface area (Å²) in [6, 6.07) is 9.84. The lowest BCUT2D eigenvalue weighted by atomic mass is 10.2. The van der Waals surface area contributed by atoms with Crippen LogP contribution in [0.3, 0.4) is 0 Å². The van der Waals surface area contributed by atoms with Crippen molar-refractivity contribution in [1.82, 2.24) is 0 Å². The molecule has 0 heterocycles. The molecule has 0 fully saturated rings. The second kappa shape index (κ2) is 6.17. The van der Waals surface area contributed by atoms with Crippen LogP contribution in [0.1, 0.15) is 14.7 Å². The van der Waals surface area contributed by atoms with Crippen molar-refractivity contribution in [3.63, 3.8) is 0 Å². The van der Waals surface area contributed by atoms with Crippen molar-refractivity contribution in [2.75, 3.05) is 6.61 Å². The van der Waals surface area contributed by atoms with Gasteiger partial charge < -0.3 is 4.74 Å². The van der Waals surface area contributed by atoms with Gasteiger partial charge in [0.25, 0.3) is 0 Å². The Balaban J connectivity index is 2.40. The zero-order valence-corrected chi connectivity index (χ0v) is 8.20. The number of allylic oxidation sites excluding steroid dienone is 1. The highest BCUT2D eigenvalue weighted by Crippen LogP contribution is 2.04. The average Bonchev–Trinajstić information content (AvgIpc) is 2.29. The standard InChI is InChI=1S/C13H16O/c1-3-7-12(2)10-14-11-13-8-5-4-6-9-13/h3-6,8-9H,1-2,7,10-11H2/i2D2. The molecule has 0 atom stereocenters. The number of ether oxygens (including phenoxy) is 1. The summed E-state index contributed by atoms with van der Waals surface area (Å²) in [5, 5.41) is 0. The van der Waals surface area contributed by atoms with Crippen LogP contribution in [0.25, 0.3) is 0 Å². The lowest BCUT2D eigenvalue weighted by molar-refractivity contribution is 0.142. The van der Waals surface area contributed by atoms with E-state index in [0.29, 0.717) is 25.2 Å². The van der Waals surface area contributed by atoms with E-state index in [2.05, 4.69) is 6.58 Å². The van der Waals surface area contributed by atoms with Crippen molar-refractivity contribution in [2.24, 2.45) is 0 Å². The summed E-state index contributed by atoms with van der Waals surface area (Å²) in [7, 11) is 0. The normalized spacial score (nSPS) is 11.4. The van der Waals surface area contributed by atoms with E-state index in [-0.39, 0.29) is 6.53 Å². The predicted octanol–water partition coefficient (Wildman–Crippen LogP) is 3.34. The first kappa shape index (κ1) is 8.01. The van der Waals surface area contributed by atoms with Crippen LogP contribution in [-0.4, -0.2) is 6.61 Å². The molecule has 1 nitrogen and oxygen atoms in total. The zero-order chi connectivity index (χ0) is 11.8. The van der Waals surface area contributed by atoms with Gasteiger partial charge in [-0.2, -0.15) is 0 Å². The first-order chi connectivity index (χ1) is 7.74. The second-order valence-corrected chi connectivity index (χ2v) is 3.07. The summed E-state index contributed by atoms with van der Waals surface area (Å²) in [5.41, 5.74) is 1.75. The first-order valence-electron chi connectivity index (χ1n) is 5.62. The first-order valence-corrected chi connectivity index (χ1v) is 4.62. The average molecular weight is 190 g/mol. The summed E-state index contributed by atoms with van der Waals surface area (Å²) in [6.45, 7) is 4.25. The maximum atomic E-state index is 7.24. The summed E-state index contributed by atoms with van der Waals surface area (Å²) in [6.07, 6.45) is 2.22. The number of benzene rings is 1. The molecule has 1 heteroatoms. The molecule has 0 aliphatic carbocycles. The third-order valence-corrected chi connectivity index (χ3v) is 1.78. The van der Waals surface area contributed by atoms with Crippen molar-refractivity contribution in [3.05, 3.63) is 60.7 Å². The fourth-order valence-electron chi connectivity index (χ4n) is 1.10. The minimum absolute atomic E-state index is 0.173. The highest BCUT2D eigenvalue weighted by molar-refractivity contribution is 5.13. The Bertz CT molecular complexity index is 353. The van der Waals surface area contributed by atoms with E-state index in [4.69, 9.17) is 7.48 Å². The summed E-state index contributed by atoms with van der Waals surface area (Å²) in [4.78, 5) is 0. The summed E-state index contributed by atoms with van der Waals surface area (Å²) >= 11 is 0. The number of hydrogen-bond donors (Lipinski definition) is 0. The lowest BCUT2D eigenvalue weighted by Crippen LogP contribution is -1.97. The number of rotatable bonds is 6. The molecule has 0 spiro atoms. The molecule has 14 heavy (non-hydrogen) atoms. The molecule has 0 bridgehead atoms. The molecular formula is C13H16O. The van der Waals surface area contributed by atoms with Gasteiger partial charge >= 0.3 is 0 Å². The molecule has 1 aromatic carbocycles. The third kappa shape index (κ3) is 4.06. The molecule has 0 amide bonds. The number of hydrogen-bond acceptors (Lipinski definition) is 1. The monoisotopic (exact) mass is 190 g/mol. The van der Waals surface area contributed by atoms with Crippen LogP contribution < -0.4 is 0 Å². The minimum atomic E-state index is -0.173. The van der Waals surface area contributed by atoms with Crippen molar-refractivity contribution in [2.45, 2.75) is 13.0 Å². The van der Waals surface area contributed by atoms with Gasteiger partial charge in [-0.25, -0.2) is 0 Å². The van der Waals surface area contributed by atoms with Crippen LogP contribution in [0.5, 0.6) is 0 Å². The van der Waals surface area contributed by atoms with Crippen LogP contribution in [0.4, 0.5) is 0 Å². The molecule has 0 saturated heterocycles. The molecule has 1 rings (SSSR count). The Labute approximate surface area is 88.5 Å². The van der Waals surface area contributed by atoms with E-state index in [1.165, 1.54) is 0 Å². The van der Waals surface area contributed by atoms with E-state index in [0.717, 1.165) is 5.56 Å². The molecule has 0 N–H and O–H groups in total. The largest absolute Gasteiger partial charge is 0.372 e. The maximum absolute atomic E-state index is 7.24. The predicted molar refractivity (Wildman–Crippen MR) is 60.1 cm³/mol. The fourth-order valence-corrected chi connectivity index (χ4v) is 1.10. The SMILES string of the molecule is [2H]C([2H])=C(CC=C)COCc1ccccc1. The molecule has 0 radical (unpaired) electrons. The quantitative estimate of drug-likeness (QED) is 0.625. The molecular weight excluding hydrogens is 172 g/mol. The van der Waals surface area contributed by atoms with Crippen LogP contribution in [0.15, 0.2) is 55.1 Å². The van der Waals surface area contributed by atoms with Gasteiger partial charge in [-0.05, 0) is 17.6 Å². The Morgan fingerprint density at radius 2 is 2.21 bits per heavy atom. The topological polar surface area (TPSA) is 9.23 Å². The van der Waals surface area contributed by atoms with Gasteiger partial charge in [0.2, 0.25) is 0 Å². The van der Waals surface area contributed by atoms with Gasteiger partial charge in [0.1, 0.15) is 0 Å². The van der Waals surface area contributed by atoms with Crippen molar-refractivity contribution < 1.29 is 7.48 Å². The molecule has 0 aromatic heterocycles. The van der Waals surface area contributed by atoms with Gasteiger partial charge in [-0.1, -0.05) is 42.9 Å². The van der Waals surface area contributed by atoms with Crippen LogP contribution in [-0.2, 0) is 11.3 Å². The summed E-state index contributed by atoms with van der Waals surface area (Å²) < 4.78 is 19.9. The van der Waals surface area contributed by atoms with E-state index in [1.807, 2.05) is 30.3 Å². The lowest BCUT2D eigenvalue weighted by Gasteiger charge is -2.05. The highest BCUT2D eigenvalue weighted by atomic mass is 16.5. The van der Waals surface area contributed by atoms with Gasteiger partial charge in [0.15, 0.2) is 0 Å². The van der Waals surface area contributed by atoms with Gasteiger partial charge in [0.05, 0.1) is 16.0 Å². The Morgan fingerprint density at radius 1 is 1.43 bits per heavy atom. The molecule has 0 aliphatic heterocycles. The summed E-state index contributed by atoms with van der Waals surface area (Å²) in [5.74, 6) is 0. The van der Waals surface area contributed by atoms with Crippen LogP contribution in [0.2, 0.25) is 0 Å². The zero-order valence-electron chi connectivity index (χ0n) is 10.2. The fraction of sp³-hybridized carbons (Fsp3) is 0.231. The van der Waals surface area contributed by atoms with Gasteiger partial charge in [-0.15, -0.1) is 6.58 Å². The third-order valence-electron chi connectivity index (χ3n) is 1.78. The van der Waals surface area contributed by atoms with Crippen LogP contribution in [0, 0.1) is 0 Å². The minimum Gasteiger partial charge on any atom is -0.372 e. The molecule has 0 aliphatic rings. The Morgan fingerprint density at radius 3 is 2.86 bits per heavy atom. The maximum Gasteiger partial charge on any atom is 0.0721 e. The molecule has 74 valence electrons. The van der Waals surface area contributed by atoms with Gasteiger partial charge in [-0.3, -0.25) is 0 Å². The Hall–Kier alpha value is -1.34. The second-order valence-electron chi connectivity index (χ2n) is 3.07. The molecule has 0 unspecified atom stereocenters. The van der Waals surface area contributed by atoms with E-state index in [1.54, 1.807) is 6.08 Å². The van der Waals surface area contributed by atoms with E-state index >= 15 is 0 Å². The van der Waals surface area contributed by atoms with Crippen molar-refractivity contribution >= 4 is 0 Å². The molecule has 1 aromatic rings. The van der Waals surface area contributed by atoms with E-state index < -0.39 is 0 Å².